The first kappa shape index (κ1) is 12.4. The highest BCUT2D eigenvalue weighted by Crippen LogP contribution is 2.22. The van der Waals surface area contributed by atoms with E-state index in [1.54, 1.807) is 0 Å². The van der Waals surface area contributed by atoms with Gasteiger partial charge in [0, 0.05) is 17.5 Å². The standard InChI is InChI=1S/C8H7BrN2O5/c9-5-8(16-11(14)15)6-1-3-7(4-2-6)10(12)13/h1-4,8H,5H2. The van der Waals surface area contributed by atoms with E-state index < -0.39 is 16.1 Å². The summed E-state index contributed by atoms with van der Waals surface area (Å²) in [6.45, 7) is 0. The number of hydrogen-bond acceptors (Lipinski definition) is 5. The number of nitro groups is 1. The van der Waals surface area contributed by atoms with Crippen LogP contribution in [0.3, 0.4) is 0 Å². The molecule has 7 nitrogen and oxygen atoms in total. The molecular weight excluding hydrogens is 284 g/mol. The average Bonchev–Trinajstić information content (AvgIpc) is 2.25. The van der Waals surface area contributed by atoms with Crippen LogP contribution < -0.4 is 0 Å². The molecule has 0 fully saturated rings. The third-order valence-corrected chi connectivity index (χ3v) is 2.42. The highest BCUT2D eigenvalue weighted by Gasteiger charge is 2.15. The van der Waals surface area contributed by atoms with E-state index in [4.69, 9.17) is 0 Å². The molecule has 0 heterocycles. The van der Waals surface area contributed by atoms with Gasteiger partial charge < -0.3 is 4.84 Å². The number of benzene rings is 1. The molecule has 0 N–H and O–H groups in total. The van der Waals surface area contributed by atoms with Crippen LogP contribution >= 0.6 is 15.9 Å². The summed E-state index contributed by atoms with van der Waals surface area (Å²) >= 11 is 3.07. The topological polar surface area (TPSA) is 95.5 Å². The fourth-order valence-electron chi connectivity index (χ4n) is 1.09. The van der Waals surface area contributed by atoms with Crippen LogP contribution in [0.5, 0.6) is 0 Å². The van der Waals surface area contributed by atoms with Gasteiger partial charge in [0.1, 0.15) is 6.10 Å². The van der Waals surface area contributed by atoms with Crippen LogP contribution in [0.4, 0.5) is 5.69 Å². The van der Waals surface area contributed by atoms with Gasteiger partial charge in [0.05, 0.1) is 4.92 Å². The molecular formula is C8H7BrN2O5. The maximum atomic E-state index is 10.4. The van der Waals surface area contributed by atoms with Gasteiger partial charge in [-0.05, 0) is 17.7 Å². The normalized spacial score (nSPS) is 11.8. The zero-order valence-corrected chi connectivity index (χ0v) is 9.49. The van der Waals surface area contributed by atoms with Gasteiger partial charge in [-0.25, -0.2) is 0 Å². The fraction of sp³-hybridized carbons (Fsp3) is 0.250. The van der Waals surface area contributed by atoms with Gasteiger partial charge in [0.15, 0.2) is 0 Å². The third kappa shape index (κ3) is 3.16. The van der Waals surface area contributed by atoms with E-state index in [-0.39, 0.29) is 11.0 Å². The molecule has 0 amide bonds. The summed E-state index contributed by atoms with van der Waals surface area (Å²) in [4.78, 5) is 24.4. The molecule has 8 heteroatoms. The van der Waals surface area contributed by atoms with Crippen molar-refractivity contribution in [1.29, 1.82) is 0 Å². The first-order chi connectivity index (χ1) is 7.54. The molecule has 0 aliphatic rings. The summed E-state index contributed by atoms with van der Waals surface area (Å²) in [5, 5.41) is 19.9. The first-order valence-electron chi connectivity index (χ1n) is 4.16. The Hall–Kier alpha value is -1.70. The molecule has 0 aliphatic carbocycles. The predicted octanol–water partition coefficient (Wildman–Crippen LogP) is 2.24. The summed E-state index contributed by atoms with van der Waals surface area (Å²) in [7, 11) is 0. The van der Waals surface area contributed by atoms with Crippen LogP contribution in [0.1, 0.15) is 11.7 Å². The van der Waals surface area contributed by atoms with Crippen LogP contribution in [0.2, 0.25) is 0 Å². The van der Waals surface area contributed by atoms with E-state index >= 15 is 0 Å². The molecule has 1 aromatic rings. The monoisotopic (exact) mass is 290 g/mol. The van der Waals surface area contributed by atoms with Crippen molar-refractivity contribution in [3.63, 3.8) is 0 Å². The summed E-state index contributed by atoms with van der Waals surface area (Å²) in [6, 6.07) is 5.39. The quantitative estimate of drug-likeness (QED) is 0.471. The van der Waals surface area contributed by atoms with E-state index in [0.717, 1.165) is 0 Å². The van der Waals surface area contributed by atoms with Gasteiger partial charge in [-0.2, -0.15) is 0 Å². The van der Waals surface area contributed by atoms with Crippen molar-refractivity contribution in [3.8, 4) is 0 Å². The lowest BCUT2D eigenvalue weighted by atomic mass is 10.1. The van der Waals surface area contributed by atoms with E-state index in [2.05, 4.69) is 20.8 Å². The average molecular weight is 291 g/mol. The van der Waals surface area contributed by atoms with Gasteiger partial charge >= 0.3 is 0 Å². The fourth-order valence-corrected chi connectivity index (χ4v) is 1.58. The molecule has 1 rings (SSSR count). The zero-order chi connectivity index (χ0) is 12.1. The molecule has 16 heavy (non-hydrogen) atoms. The van der Waals surface area contributed by atoms with Crippen molar-refractivity contribution >= 4 is 21.6 Å². The molecule has 1 atom stereocenters. The largest absolute Gasteiger partial charge is 0.305 e. The second-order valence-corrected chi connectivity index (χ2v) is 3.47. The Bertz CT molecular complexity index is 394. The lowest BCUT2D eigenvalue weighted by molar-refractivity contribution is -0.769. The van der Waals surface area contributed by atoms with Crippen molar-refractivity contribution in [2.45, 2.75) is 6.10 Å². The van der Waals surface area contributed by atoms with E-state index in [1.807, 2.05) is 0 Å². The Kier molecular flexibility index (Phi) is 4.18. The minimum Gasteiger partial charge on any atom is -0.305 e. The van der Waals surface area contributed by atoms with Crippen molar-refractivity contribution in [3.05, 3.63) is 50.1 Å². The molecule has 0 spiro atoms. The predicted molar refractivity (Wildman–Crippen MR) is 57.7 cm³/mol. The van der Waals surface area contributed by atoms with Gasteiger partial charge in [0.25, 0.3) is 10.8 Å². The van der Waals surface area contributed by atoms with Crippen LogP contribution in [0.25, 0.3) is 0 Å². The maximum Gasteiger partial charge on any atom is 0.295 e. The second kappa shape index (κ2) is 5.40. The minimum absolute atomic E-state index is 0.0711. The number of non-ortho nitro benzene ring substituents is 1. The Morgan fingerprint density at radius 2 is 1.81 bits per heavy atom. The maximum absolute atomic E-state index is 10.4. The van der Waals surface area contributed by atoms with E-state index in [9.17, 15) is 20.2 Å². The van der Waals surface area contributed by atoms with E-state index in [1.165, 1.54) is 24.3 Å². The van der Waals surface area contributed by atoms with Gasteiger partial charge in [-0.1, -0.05) is 15.9 Å². The summed E-state index contributed by atoms with van der Waals surface area (Å²) in [5.41, 5.74) is 0.428. The van der Waals surface area contributed by atoms with Crippen molar-refractivity contribution in [2.24, 2.45) is 0 Å². The number of halogens is 1. The number of alkyl halides is 1. The molecule has 0 saturated heterocycles. The van der Waals surface area contributed by atoms with Crippen LogP contribution in [0.15, 0.2) is 24.3 Å². The van der Waals surface area contributed by atoms with Gasteiger partial charge in [-0.15, -0.1) is 10.1 Å². The Labute approximate surface area is 98.4 Å². The number of nitro benzene ring substituents is 1. The van der Waals surface area contributed by atoms with Gasteiger partial charge in [-0.3, -0.25) is 10.1 Å². The first-order valence-corrected chi connectivity index (χ1v) is 5.28. The van der Waals surface area contributed by atoms with Crippen LogP contribution in [-0.2, 0) is 4.84 Å². The molecule has 1 unspecified atom stereocenters. The van der Waals surface area contributed by atoms with Crippen molar-refractivity contribution < 1.29 is 14.8 Å². The third-order valence-electron chi connectivity index (χ3n) is 1.83. The molecule has 0 bridgehead atoms. The Morgan fingerprint density at radius 1 is 1.25 bits per heavy atom. The highest BCUT2D eigenvalue weighted by molar-refractivity contribution is 9.09. The summed E-state index contributed by atoms with van der Waals surface area (Å²) in [5.74, 6) is 0. The second-order valence-electron chi connectivity index (χ2n) is 2.82. The van der Waals surface area contributed by atoms with Crippen LogP contribution in [0, 0.1) is 20.2 Å². The SMILES string of the molecule is O=[N+]([O-])OC(CBr)c1ccc([N+](=O)[O-])cc1. The summed E-state index contributed by atoms with van der Waals surface area (Å²) < 4.78 is 0. The molecule has 1 aromatic carbocycles. The van der Waals surface area contributed by atoms with E-state index in [0.29, 0.717) is 5.56 Å². The molecule has 86 valence electrons. The van der Waals surface area contributed by atoms with Crippen LogP contribution in [-0.4, -0.2) is 15.3 Å². The molecule has 0 aliphatic heterocycles. The Morgan fingerprint density at radius 3 is 2.19 bits per heavy atom. The minimum atomic E-state index is -0.895. The lowest BCUT2D eigenvalue weighted by Gasteiger charge is -2.11. The lowest BCUT2D eigenvalue weighted by Crippen LogP contribution is -2.10. The van der Waals surface area contributed by atoms with Gasteiger partial charge in [0.2, 0.25) is 0 Å². The molecule has 0 radical (unpaired) electrons. The molecule has 0 aromatic heterocycles. The Balaban J connectivity index is 2.86. The smallest absolute Gasteiger partial charge is 0.295 e. The highest BCUT2D eigenvalue weighted by atomic mass is 79.9. The number of rotatable bonds is 5. The number of hydrogen-bond donors (Lipinski definition) is 0. The molecule has 0 saturated carbocycles. The zero-order valence-electron chi connectivity index (χ0n) is 7.91. The number of nitrogens with zero attached hydrogens (tertiary/aromatic N) is 2. The van der Waals surface area contributed by atoms with Crippen molar-refractivity contribution in [1.82, 2.24) is 0 Å². The van der Waals surface area contributed by atoms with Crippen molar-refractivity contribution in [2.75, 3.05) is 5.33 Å². The summed E-state index contributed by atoms with van der Waals surface area (Å²) in [6.07, 6.45) is -0.768.